The Kier molecular flexibility index (Phi) is 4.78. The van der Waals surface area contributed by atoms with Crippen LogP contribution < -0.4 is 10.9 Å². The molecule has 0 saturated carbocycles. The van der Waals surface area contributed by atoms with E-state index in [2.05, 4.69) is 15.3 Å². The first-order valence-corrected chi connectivity index (χ1v) is 8.15. The van der Waals surface area contributed by atoms with Crippen molar-refractivity contribution in [1.82, 2.24) is 19.1 Å². The summed E-state index contributed by atoms with van der Waals surface area (Å²) in [6, 6.07) is 0. The molecule has 0 aliphatic carbocycles. The van der Waals surface area contributed by atoms with Crippen LogP contribution in [0.2, 0.25) is 0 Å². The predicted octanol–water partition coefficient (Wildman–Crippen LogP) is -1.19. The van der Waals surface area contributed by atoms with Crippen LogP contribution in [0.4, 0.5) is 5.95 Å². The zero-order chi connectivity index (χ0) is 18.3. The van der Waals surface area contributed by atoms with Crippen LogP contribution in [0.1, 0.15) is 20.1 Å². The zero-order valence-corrected chi connectivity index (χ0v) is 14.3. The number of hydrogen-bond donors (Lipinski definition) is 4. The molecule has 25 heavy (non-hydrogen) atoms. The van der Waals surface area contributed by atoms with E-state index in [0.29, 0.717) is 18.4 Å². The van der Waals surface area contributed by atoms with Crippen LogP contribution in [0.25, 0.3) is 11.2 Å². The summed E-state index contributed by atoms with van der Waals surface area (Å²) < 4.78 is 8.28. The van der Waals surface area contributed by atoms with Crippen molar-refractivity contribution in [2.24, 2.45) is 13.0 Å². The molecule has 0 spiro atoms. The monoisotopic (exact) mass is 353 g/mol. The van der Waals surface area contributed by atoms with Gasteiger partial charge >= 0.3 is 0 Å². The Balaban J connectivity index is 2.04. The fraction of sp³-hybridized carbons (Fsp3) is 0.667. The Morgan fingerprint density at radius 1 is 1.36 bits per heavy atom. The van der Waals surface area contributed by atoms with Crippen molar-refractivity contribution in [2.75, 3.05) is 18.5 Å². The Morgan fingerprint density at radius 3 is 2.68 bits per heavy atom. The summed E-state index contributed by atoms with van der Waals surface area (Å²) in [6.45, 7) is 4.27. The topological polar surface area (TPSA) is 135 Å². The number of anilines is 1. The van der Waals surface area contributed by atoms with Gasteiger partial charge in [-0.05, 0) is 5.92 Å². The smallest absolute Gasteiger partial charge is 0.282 e. The average molecular weight is 353 g/mol. The van der Waals surface area contributed by atoms with Crippen LogP contribution >= 0.6 is 0 Å². The van der Waals surface area contributed by atoms with Crippen molar-refractivity contribution in [1.29, 1.82) is 0 Å². The molecule has 1 saturated heterocycles. The van der Waals surface area contributed by atoms with Gasteiger partial charge in [-0.1, -0.05) is 13.8 Å². The molecule has 10 nitrogen and oxygen atoms in total. The highest BCUT2D eigenvalue weighted by atomic mass is 16.6. The number of fused-ring (bicyclic) bond motifs is 1. The van der Waals surface area contributed by atoms with Gasteiger partial charge < -0.3 is 25.4 Å². The predicted molar refractivity (Wildman–Crippen MR) is 89.1 cm³/mol. The second-order valence-corrected chi connectivity index (χ2v) is 6.63. The van der Waals surface area contributed by atoms with Crippen LogP contribution in [0.5, 0.6) is 0 Å². The minimum atomic E-state index is -1.27. The van der Waals surface area contributed by atoms with Gasteiger partial charge in [0.25, 0.3) is 5.56 Å². The van der Waals surface area contributed by atoms with Gasteiger partial charge in [-0.3, -0.25) is 13.9 Å². The summed E-state index contributed by atoms with van der Waals surface area (Å²) >= 11 is 0. The van der Waals surface area contributed by atoms with E-state index >= 15 is 0 Å². The molecule has 2 aromatic heterocycles. The van der Waals surface area contributed by atoms with Gasteiger partial charge in [0, 0.05) is 13.6 Å². The fourth-order valence-corrected chi connectivity index (χ4v) is 2.80. The van der Waals surface area contributed by atoms with Crippen molar-refractivity contribution < 1.29 is 20.1 Å². The van der Waals surface area contributed by atoms with Crippen LogP contribution in [0, 0.1) is 5.92 Å². The molecule has 4 N–H and O–H groups in total. The molecular weight excluding hydrogens is 330 g/mol. The number of nitrogens with one attached hydrogen (secondary N) is 1. The summed E-state index contributed by atoms with van der Waals surface area (Å²) in [5.41, 5.74) is 0.0429. The van der Waals surface area contributed by atoms with E-state index < -0.39 is 31.1 Å². The maximum absolute atomic E-state index is 12.5. The van der Waals surface area contributed by atoms with E-state index in [4.69, 9.17) is 4.74 Å². The highest BCUT2D eigenvalue weighted by molar-refractivity contribution is 5.71. The average Bonchev–Trinajstić information content (AvgIpc) is 3.11. The summed E-state index contributed by atoms with van der Waals surface area (Å²) in [6.07, 6.45) is -3.08. The summed E-state index contributed by atoms with van der Waals surface area (Å²) in [7, 11) is 1.60. The number of rotatable bonds is 5. The lowest BCUT2D eigenvalue weighted by Crippen LogP contribution is -2.33. The third-order valence-electron chi connectivity index (χ3n) is 4.26. The number of aromatic nitrogens is 4. The minimum Gasteiger partial charge on any atom is -0.394 e. The third-order valence-corrected chi connectivity index (χ3v) is 4.26. The number of ether oxygens (including phenoxy) is 1. The normalized spacial score (nSPS) is 26.7. The molecule has 3 rings (SSSR count). The minimum absolute atomic E-state index is 0.135. The molecule has 0 amide bonds. The van der Waals surface area contributed by atoms with E-state index in [-0.39, 0.29) is 16.7 Å². The SMILES string of the molecule is CC(C)CNc1nc2c(ncn2[C@@H]2O[C@H](CO)[C@@H](O)[C@H]2O)c(=O)n1C. The quantitative estimate of drug-likeness (QED) is 0.527. The van der Waals surface area contributed by atoms with E-state index in [0.717, 1.165) is 0 Å². The molecule has 1 aliphatic rings. The Hall–Kier alpha value is -2.01. The molecule has 0 unspecified atom stereocenters. The van der Waals surface area contributed by atoms with Crippen molar-refractivity contribution in [3.05, 3.63) is 16.7 Å². The Morgan fingerprint density at radius 2 is 2.08 bits per heavy atom. The van der Waals surface area contributed by atoms with Gasteiger partial charge in [0.1, 0.15) is 18.3 Å². The number of aliphatic hydroxyl groups is 3. The largest absolute Gasteiger partial charge is 0.394 e. The number of aliphatic hydroxyl groups excluding tert-OH is 3. The first-order chi connectivity index (χ1) is 11.8. The molecule has 10 heteroatoms. The van der Waals surface area contributed by atoms with E-state index in [1.165, 1.54) is 15.5 Å². The molecule has 4 atom stereocenters. The molecule has 1 aliphatic heterocycles. The summed E-state index contributed by atoms with van der Waals surface area (Å²) in [5, 5.41) is 32.5. The number of nitrogens with zero attached hydrogens (tertiary/aromatic N) is 4. The van der Waals surface area contributed by atoms with Crippen molar-refractivity contribution in [3.63, 3.8) is 0 Å². The van der Waals surface area contributed by atoms with E-state index in [9.17, 15) is 20.1 Å². The van der Waals surface area contributed by atoms with Gasteiger partial charge in [-0.15, -0.1) is 0 Å². The van der Waals surface area contributed by atoms with Gasteiger partial charge in [0.05, 0.1) is 12.9 Å². The Labute approximate surface area is 143 Å². The second kappa shape index (κ2) is 6.71. The molecule has 2 aromatic rings. The van der Waals surface area contributed by atoms with Crippen LogP contribution in [0.3, 0.4) is 0 Å². The third kappa shape index (κ3) is 3.01. The van der Waals surface area contributed by atoms with E-state index in [1.54, 1.807) is 7.05 Å². The molecule has 0 radical (unpaired) electrons. The number of hydrogen-bond acceptors (Lipinski definition) is 8. The maximum Gasteiger partial charge on any atom is 0.282 e. The second-order valence-electron chi connectivity index (χ2n) is 6.63. The Bertz CT molecular complexity index is 816. The van der Waals surface area contributed by atoms with Gasteiger partial charge in [-0.2, -0.15) is 4.98 Å². The lowest BCUT2D eigenvalue weighted by Gasteiger charge is -2.17. The van der Waals surface area contributed by atoms with E-state index in [1.807, 2.05) is 13.8 Å². The van der Waals surface area contributed by atoms with Gasteiger partial charge in [0.15, 0.2) is 17.4 Å². The lowest BCUT2D eigenvalue weighted by molar-refractivity contribution is -0.0511. The van der Waals surface area contributed by atoms with Crippen molar-refractivity contribution in [3.8, 4) is 0 Å². The summed E-state index contributed by atoms with van der Waals surface area (Å²) in [4.78, 5) is 21.0. The molecule has 138 valence electrons. The standard InChI is InChI=1S/C15H23N5O5/c1-7(2)4-16-15-18-12-9(13(24)19(15)3)17-6-20(12)14-11(23)10(22)8(5-21)25-14/h6-8,10-11,14,21-23H,4-5H2,1-3H3,(H,16,18)/t8-,10-,11-,14-/m1/s1. The maximum atomic E-state index is 12.5. The lowest BCUT2D eigenvalue weighted by atomic mass is 10.1. The fourth-order valence-electron chi connectivity index (χ4n) is 2.80. The van der Waals surface area contributed by atoms with Gasteiger partial charge in [-0.25, -0.2) is 4.98 Å². The van der Waals surface area contributed by atoms with Crippen LogP contribution in [-0.4, -0.2) is 65.9 Å². The van der Waals surface area contributed by atoms with Crippen LogP contribution in [0.15, 0.2) is 11.1 Å². The highest BCUT2D eigenvalue weighted by Gasteiger charge is 2.44. The van der Waals surface area contributed by atoms with Crippen LogP contribution in [-0.2, 0) is 11.8 Å². The number of imidazole rings is 1. The van der Waals surface area contributed by atoms with Crippen molar-refractivity contribution >= 4 is 17.1 Å². The molecule has 1 fully saturated rings. The molecule has 0 aromatic carbocycles. The van der Waals surface area contributed by atoms with Crippen molar-refractivity contribution in [2.45, 2.75) is 38.4 Å². The highest BCUT2D eigenvalue weighted by Crippen LogP contribution is 2.30. The molecule has 3 heterocycles. The zero-order valence-electron chi connectivity index (χ0n) is 14.3. The molecular formula is C15H23N5O5. The summed E-state index contributed by atoms with van der Waals surface area (Å²) in [5.74, 6) is 0.734. The first-order valence-electron chi connectivity index (χ1n) is 8.15. The van der Waals surface area contributed by atoms with Gasteiger partial charge in [0.2, 0.25) is 5.95 Å². The molecule has 0 bridgehead atoms. The first kappa shape index (κ1) is 17.8.